The van der Waals surface area contributed by atoms with Gasteiger partial charge in [0.25, 0.3) is 0 Å². The van der Waals surface area contributed by atoms with E-state index in [4.69, 9.17) is 5.26 Å². The van der Waals surface area contributed by atoms with Crippen LogP contribution in [0.15, 0.2) is 40.9 Å². The third kappa shape index (κ3) is 2.02. The minimum atomic E-state index is 0.592. The van der Waals surface area contributed by atoms with E-state index in [0.717, 1.165) is 32.5 Å². The molecular formula is C15H10BrN3. The van der Waals surface area contributed by atoms with E-state index >= 15 is 0 Å². The molecule has 1 N–H and O–H groups in total. The maximum Gasteiger partial charge on any atom is 0.138 e. The highest BCUT2D eigenvalue weighted by molar-refractivity contribution is 9.10. The number of nitriles is 1. The van der Waals surface area contributed by atoms with Crippen molar-refractivity contribution in [3.8, 4) is 17.5 Å². The largest absolute Gasteiger partial charge is 0.338 e. The zero-order chi connectivity index (χ0) is 13.4. The van der Waals surface area contributed by atoms with Gasteiger partial charge in [-0.3, -0.25) is 0 Å². The van der Waals surface area contributed by atoms with Gasteiger partial charge in [-0.05, 0) is 36.8 Å². The first kappa shape index (κ1) is 11.9. The molecular weight excluding hydrogens is 302 g/mol. The summed E-state index contributed by atoms with van der Waals surface area (Å²) in [6.45, 7) is 2.04. The number of aromatic amines is 1. The fourth-order valence-corrected chi connectivity index (χ4v) is 2.30. The van der Waals surface area contributed by atoms with Crippen molar-refractivity contribution in [2.45, 2.75) is 6.92 Å². The Hall–Kier alpha value is -2.12. The lowest BCUT2D eigenvalue weighted by Crippen LogP contribution is -1.83. The molecule has 3 rings (SSSR count). The maximum atomic E-state index is 9.09. The Kier molecular flexibility index (Phi) is 2.84. The second-order valence-electron chi connectivity index (χ2n) is 4.36. The molecule has 1 aromatic heterocycles. The molecule has 0 aliphatic rings. The first-order chi connectivity index (χ1) is 9.19. The number of halogens is 1. The molecule has 0 saturated heterocycles. The van der Waals surface area contributed by atoms with Crippen molar-refractivity contribution in [3.05, 3.63) is 52.0 Å². The molecule has 2 aromatic carbocycles. The van der Waals surface area contributed by atoms with Crippen LogP contribution >= 0.6 is 15.9 Å². The third-order valence-electron chi connectivity index (χ3n) is 3.06. The van der Waals surface area contributed by atoms with E-state index in [0.29, 0.717) is 5.56 Å². The molecule has 0 amide bonds. The number of aromatic nitrogens is 2. The minimum Gasteiger partial charge on any atom is -0.338 e. The number of hydrogen-bond acceptors (Lipinski definition) is 2. The van der Waals surface area contributed by atoms with Gasteiger partial charge in [0.1, 0.15) is 17.4 Å². The van der Waals surface area contributed by atoms with Crippen molar-refractivity contribution in [2.24, 2.45) is 0 Å². The fraction of sp³-hybridized carbons (Fsp3) is 0.0667. The van der Waals surface area contributed by atoms with Crippen LogP contribution in [0.1, 0.15) is 11.1 Å². The van der Waals surface area contributed by atoms with Gasteiger partial charge in [-0.25, -0.2) is 4.98 Å². The summed E-state index contributed by atoms with van der Waals surface area (Å²) in [5, 5.41) is 9.09. The number of hydrogen-bond donors (Lipinski definition) is 1. The number of aryl methyl sites for hydroxylation is 1. The molecule has 0 radical (unpaired) electrons. The van der Waals surface area contributed by atoms with Crippen LogP contribution in [0.25, 0.3) is 22.4 Å². The Balaban J connectivity index is 2.21. The Morgan fingerprint density at radius 1 is 1.26 bits per heavy atom. The van der Waals surface area contributed by atoms with Crippen molar-refractivity contribution < 1.29 is 0 Å². The molecule has 1 heterocycles. The molecule has 4 heteroatoms. The summed E-state index contributed by atoms with van der Waals surface area (Å²) in [4.78, 5) is 7.79. The van der Waals surface area contributed by atoms with Gasteiger partial charge in [0, 0.05) is 10.0 Å². The Morgan fingerprint density at radius 2 is 2.11 bits per heavy atom. The lowest BCUT2D eigenvalue weighted by Gasteiger charge is -2.00. The summed E-state index contributed by atoms with van der Waals surface area (Å²) in [6, 6.07) is 13.8. The monoisotopic (exact) mass is 311 g/mol. The van der Waals surface area contributed by atoms with E-state index in [2.05, 4.69) is 38.0 Å². The predicted octanol–water partition coefficient (Wildman–Crippen LogP) is 4.17. The molecule has 3 nitrogen and oxygen atoms in total. The van der Waals surface area contributed by atoms with Gasteiger partial charge in [0.2, 0.25) is 0 Å². The number of imidazole rings is 1. The first-order valence-electron chi connectivity index (χ1n) is 5.84. The van der Waals surface area contributed by atoms with Crippen molar-refractivity contribution >= 4 is 27.0 Å². The van der Waals surface area contributed by atoms with Gasteiger partial charge in [0.15, 0.2) is 0 Å². The second-order valence-corrected chi connectivity index (χ2v) is 5.22. The maximum absolute atomic E-state index is 9.09. The summed E-state index contributed by atoms with van der Waals surface area (Å²) in [7, 11) is 0. The Morgan fingerprint density at radius 3 is 2.84 bits per heavy atom. The standard InChI is InChI=1S/C15H10BrN3/c1-9-7-10(5-6-12(9)16)15-18-13-4-2-3-11(8-17)14(13)19-15/h2-7H,1H3,(H,18,19). The summed E-state index contributed by atoms with van der Waals surface area (Å²) in [5.74, 6) is 0.785. The van der Waals surface area contributed by atoms with Gasteiger partial charge in [0.05, 0.1) is 11.1 Å². The smallest absolute Gasteiger partial charge is 0.138 e. The highest BCUT2D eigenvalue weighted by Crippen LogP contribution is 2.26. The SMILES string of the molecule is Cc1cc(-c2nc3c(C#N)cccc3[nH]2)ccc1Br. The Labute approximate surface area is 119 Å². The lowest BCUT2D eigenvalue weighted by molar-refractivity contribution is 1.31. The van der Waals surface area contributed by atoms with Gasteiger partial charge < -0.3 is 4.98 Å². The third-order valence-corrected chi connectivity index (χ3v) is 3.95. The molecule has 0 unspecified atom stereocenters. The molecule has 92 valence electrons. The quantitative estimate of drug-likeness (QED) is 0.733. The number of rotatable bonds is 1. The summed E-state index contributed by atoms with van der Waals surface area (Å²) in [5.41, 5.74) is 4.36. The van der Waals surface area contributed by atoms with Crippen LogP contribution in [-0.2, 0) is 0 Å². The molecule has 0 aliphatic carbocycles. The van der Waals surface area contributed by atoms with Crippen molar-refractivity contribution in [1.29, 1.82) is 5.26 Å². The highest BCUT2D eigenvalue weighted by atomic mass is 79.9. The molecule has 0 bridgehead atoms. The summed E-state index contributed by atoms with van der Waals surface area (Å²) >= 11 is 3.49. The normalized spacial score (nSPS) is 10.6. The summed E-state index contributed by atoms with van der Waals surface area (Å²) < 4.78 is 1.07. The molecule has 3 aromatic rings. The summed E-state index contributed by atoms with van der Waals surface area (Å²) in [6.07, 6.45) is 0. The fourth-order valence-electron chi connectivity index (χ4n) is 2.05. The molecule has 0 spiro atoms. The number of nitrogens with zero attached hydrogens (tertiary/aromatic N) is 2. The van der Waals surface area contributed by atoms with Crippen molar-refractivity contribution in [2.75, 3.05) is 0 Å². The molecule has 0 saturated carbocycles. The predicted molar refractivity (Wildman–Crippen MR) is 78.7 cm³/mol. The Bertz CT molecular complexity index is 812. The highest BCUT2D eigenvalue weighted by Gasteiger charge is 2.09. The first-order valence-corrected chi connectivity index (χ1v) is 6.63. The van der Waals surface area contributed by atoms with Crippen LogP contribution in [0, 0.1) is 18.3 Å². The van der Waals surface area contributed by atoms with E-state index in [9.17, 15) is 0 Å². The molecule has 0 atom stereocenters. The van der Waals surface area contributed by atoms with Gasteiger partial charge in [-0.1, -0.05) is 28.1 Å². The molecule has 0 fully saturated rings. The number of nitrogens with one attached hydrogen (secondary N) is 1. The zero-order valence-electron chi connectivity index (χ0n) is 10.2. The van der Waals surface area contributed by atoms with E-state index < -0.39 is 0 Å². The average molecular weight is 312 g/mol. The second kappa shape index (κ2) is 4.52. The van der Waals surface area contributed by atoms with Crippen LogP contribution in [0.5, 0.6) is 0 Å². The number of H-pyrrole nitrogens is 1. The van der Waals surface area contributed by atoms with E-state index in [1.165, 1.54) is 0 Å². The molecule has 19 heavy (non-hydrogen) atoms. The number of fused-ring (bicyclic) bond motifs is 1. The van der Waals surface area contributed by atoms with Gasteiger partial charge in [-0.2, -0.15) is 5.26 Å². The van der Waals surface area contributed by atoms with Gasteiger partial charge >= 0.3 is 0 Å². The van der Waals surface area contributed by atoms with Gasteiger partial charge in [-0.15, -0.1) is 0 Å². The minimum absolute atomic E-state index is 0.592. The van der Waals surface area contributed by atoms with Crippen LogP contribution < -0.4 is 0 Å². The van der Waals surface area contributed by atoms with E-state index in [1.807, 2.05) is 31.2 Å². The number of benzene rings is 2. The van der Waals surface area contributed by atoms with Crippen LogP contribution in [0.4, 0.5) is 0 Å². The van der Waals surface area contributed by atoms with Crippen LogP contribution in [0.2, 0.25) is 0 Å². The average Bonchev–Trinajstić information content (AvgIpc) is 2.85. The lowest BCUT2D eigenvalue weighted by atomic mass is 10.1. The molecule has 0 aliphatic heterocycles. The van der Waals surface area contributed by atoms with Crippen LogP contribution in [0.3, 0.4) is 0 Å². The topological polar surface area (TPSA) is 52.5 Å². The number of para-hydroxylation sites is 1. The van der Waals surface area contributed by atoms with E-state index in [-0.39, 0.29) is 0 Å². The zero-order valence-corrected chi connectivity index (χ0v) is 11.8. The van der Waals surface area contributed by atoms with E-state index in [1.54, 1.807) is 6.07 Å². The van der Waals surface area contributed by atoms with Crippen molar-refractivity contribution in [1.82, 2.24) is 9.97 Å². The van der Waals surface area contributed by atoms with Crippen molar-refractivity contribution in [3.63, 3.8) is 0 Å². The van der Waals surface area contributed by atoms with Crippen LogP contribution in [-0.4, -0.2) is 9.97 Å².